The van der Waals surface area contributed by atoms with Gasteiger partial charge >= 0.3 is 0 Å². The summed E-state index contributed by atoms with van der Waals surface area (Å²) in [5.74, 6) is 0.575. The maximum atomic E-state index is 10.9. The van der Waals surface area contributed by atoms with Crippen LogP contribution >= 0.6 is 0 Å². The SMILES string of the molecule is O=[N+]([O-])c1cccc2c(C3CCCC3)c[nH]c12. The molecule has 1 saturated carbocycles. The Morgan fingerprint density at radius 2 is 2.06 bits per heavy atom. The van der Waals surface area contributed by atoms with Gasteiger partial charge in [0.05, 0.1) is 4.92 Å². The van der Waals surface area contributed by atoms with Gasteiger partial charge in [-0.25, -0.2) is 0 Å². The van der Waals surface area contributed by atoms with Crippen molar-refractivity contribution in [3.63, 3.8) is 0 Å². The summed E-state index contributed by atoms with van der Waals surface area (Å²) < 4.78 is 0. The molecule has 1 aromatic heterocycles. The van der Waals surface area contributed by atoms with Crippen molar-refractivity contribution in [2.45, 2.75) is 31.6 Å². The van der Waals surface area contributed by atoms with Crippen LogP contribution in [0.3, 0.4) is 0 Å². The van der Waals surface area contributed by atoms with Crippen molar-refractivity contribution in [2.75, 3.05) is 0 Å². The van der Waals surface area contributed by atoms with Crippen molar-refractivity contribution in [2.24, 2.45) is 0 Å². The fraction of sp³-hybridized carbons (Fsp3) is 0.385. The highest BCUT2D eigenvalue weighted by atomic mass is 16.6. The highest BCUT2D eigenvalue weighted by Gasteiger charge is 2.22. The van der Waals surface area contributed by atoms with E-state index in [-0.39, 0.29) is 10.6 Å². The number of benzene rings is 1. The van der Waals surface area contributed by atoms with Gasteiger partial charge in [-0.3, -0.25) is 10.1 Å². The average molecular weight is 230 g/mol. The number of nitro benzene ring substituents is 1. The normalized spacial score (nSPS) is 16.7. The minimum Gasteiger partial charge on any atom is -0.355 e. The molecule has 0 saturated heterocycles. The highest BCUT2D eigenvalue weighted by Crippen LogP contribution is 2.39. The van der Waals surface area contributed by atoms with Gasteiger partial charge in [0, 0.05) is 17.6 Å². The number of nitrogens with one attached hydrogen (secondary N) is 1. The number of aromatic nitrogens is 1. The van der Waals surface area contributed by atoms with Crippen molar-refractivity contribution in [3.8, 4) is 0 Å². The Bertz CT molecular complexity index is 568. The third-order valence-electron chi connectivity index (χ3n) is 3.72. The lowest BCUT2D eigenvalue weighted by atomic mass is 9.97. The lowest BCUT2D eigenvalue weighted by molar-refractivity contribution is -0.383. The molecule has 0 radical (unpaired) electrons. The molecule has 4 nitrogen and oxygen atoms in total. The number of non-ortho nitro benzene ring substituents is 1. The summed E-state index contributed by atoms with van der Waals surface area (Å²) in [6.07, 6.45) is 6.90. The van der Waals surface area contributed by atoms with E-state index in [2.05, 4.69) is 4.98 Å². The molecular weight excluding hydrogens is 216 g/mol. The zero-order chi connectivity index (χ0) is 11.8. The van der Waals surface area contributed by atoms with Crippen LogP contribution in [0.25, 0.3) is 10.9 Å². The quantitative estimate of drug-likeness (QED) is 0.631. The minimum absolute atomic E-state index is 0.173. The van der Waals surface area contributed by atoms with Gasteiger partial charge in [-0.15, -0.1) is 0 Å². The number of fused-ring (bicyclic) bond motifs is 1. The van der Waals surface area contributed by atoms with E-state index < -0.39 is 0 Å². The van der Waals surface area contributed by atoms with Crippen molar-refractivity contribution in [3.05, 3.63) is 40.1 Å². The summed E-state index contributed by atoms with van der Waals surface area (Å²) in [5.41, 5.74) is 2.09. The van der Waals surface area contributed by atoms with Crippen molar-refractivity contribution >= 4 is 16.6 Å². The van der Waals surface area contributed by atoms with Crippen LogP contribution < -0.4 is 0 Å². The molecule has 4 heteroatoms. The Balaban J connectivity index is 2.15. The summed E-state index contributed by atoms with van der Waals surface area (Å²) in [6, 6.07) is 5.30. The second kappa shape index (κ2) is 3.87. The van der Waals surface area contributed by atoms with E-state index in [0.717, 1.165) is 5.39 Å². The third kappa shape index (κ3) is 1.60. The first kappa shape index (κ1) is 10.3. The predicted molar refractivity (Wildman–Crippen MR) is 66.2 cm³/mol. The van der Waals surface area contributed by atoms with Gasteiger partial charge in [0.15, 0.2) is 0 Å². The standard InChI is InChI=1S/C13H14N2O2/c16-15(17)12-7-3-6-10-11(8-14-13(10)12)9-4-1-2-5-9/h3,6-9,14H,1-2,4-5H2. The number of nitro groups is 1. The topological polar surface area (TPSA) is 58.9 Å². The molecule has 1 aliphatic carbocycles. The van der Waals surface area contributed by atoms with Gasteiger partial charge in [-0.1, -0.05) is 25.0 Å². The number of hydrogen-bond donors (Lipinski definition) is 1. The Kier molecular flexibility index (Phi) is 2.35. The maximum absolute atomic E-state index is 10.9. The molecule has 1 aromatic carbocycles. The molecule has 1 aliphatic rings. The van der Waals surface area contributed by atoms with E-state index in [0.29, 0.717) is 11.4 Å². The number of rotatable bonds is 2. The zero-order valence-corrected chi connectivity index (χ0v) is 9.48. The molecule has 1 heterocycles. The molecule has 0 amide bonds. The van der Waals surface area contributed by atoms with Gasteiger partial charge in [-0.05, 0) is 24.3 Å². The van der Waals surface area contributed by atoms with Crippen molar-refractivity contribution in [1.82, 2.24) is 4.98 Å². The summed E-state index contributed by atoms with van der Waals surface area (Å²) >= 11 is 0. The maximum Gasteiger partial charge on any atom is 0.293 e. The predicted octanol–water partition coefficient (Wildman–Crippen LogP) is 3.73. The molecular formula is C13H14N2O2. The molecule has 0 bridgehead atoms. The monoisotopic (exact) mass is 230 g/mol. The summed E-state index contributed by atoms with van der Waals surface area (Å²) in [4.78, 5) is 13.7. The Hall–Kier alpha value is -1.84. The Labute approximate surface area is 98.8 Å². The zero-order valence-electron chi connectivity index (χ0n) is 9.48. The largest absolute Gasteiger partial charge is 0.355 e. The second-order valence-electron chi connectivity index (χ2n) is 4.68. The van der Waals surface area contributed by atoms with Crippen LogP contribution in [0.5, 0.6) is 0 Å². The fourth-order valence-corrected chi connectivity index (χ4v) is 2.89. The molecule has 3 rings (SSSR count). The lowest BCUT2D eigenvalue weighted by Crippen LogP contribution is -1.91. The molecule has 88 valence electrons. The van der Waals surface area contributed by atoms with Crippen LogP contribution in [0.1, 0.15) is 37.2 Å². The Morgan fingerprint density at radius 3 is 2.76 bits per heavy atom. The van der Waals surface area contributed by atoms with Gasteiger partial charge in [0.1, 0.15) is 5.52 Å². The molecule has 1 N–H and O–H groups in total. The summed E-state index contributed by atoms with van der Waals surface area (Å²) in [7, 11) is 0. The van der Waals surface area contributed by atoms with E-state index in [1.165, 1.54) is 31.2 Å². The molecule has 0 spiro atoms. The van der Waals surface area contributed by atoms with Gasteiger partial charge in [0.25, 0.3) is 5.69 Å². The van der Waals surface area contributed by atoms with E-state index in [1.807, 2.05) is 12.3 Å². The molecule has 0 unspecified atom stereocenters. The first-order chi connectivity index (χ1) is 8.27. The first-order valence-electron chi connectivity index (χ1n) is 6.02. The number of aromatic amines is 1. The first-order valence-corrected chi connectivity index (χ1v) is 6.02. The van der Waals surface area contributed by atoms with E-state index in [4.69, 9.17) is 0 Å². The van der Waals surface area contributed by atoms with E-state index >= 15 is 0 Å². The molecule has 0 aliphatic heterocycles. The second-order valence-corrected chi connectivity index (χ2v) is 4.68. The van der Waals surface area contributed by atoms with E-state index in [1.54, 1.807) is 12.1 Å². The van der Waals surface area contributed by atoms with Gasteiger partial charge in [0.2, 0.25) is 0 Å². The molecule has 17 heavy (non-hydrogen) atoms. The number of nitrogens with zero attached hydrogens (tertiary/aromatic N) is 1. The summed E-state index contributed by atoms with van der Waals surface area (Å²) in [6.45, 7) is 0. The van der Waals surface area contributed by atoms with Crippen LogP contribution in [0.2, 0.25) is 0 Å². The smallest absolute Gasteiger partial charge is 0.293 e. The van der Waals surface area contributed by atoms with Crippen LogP contribution in [0.15, 0.2) is 24.4 Å². The number of H-pyrrole nitrogens is 1. The van der Waals surface area contributed by atoms with Crippen LogP contribution in [0.4, 0.5) is 5.69 Å². The van der Waals surface area contributed by atoms with Crippen LogP contribution in [0, 0.1) is 10.1 Å². The number of hydrogen-bond acceptors (Lipinski definition) is 2. The molecule has 2 aromatic rings. The molecule has 1 fully saturated rings. The highest BCUT2D eigenvalue weighted by molar-refractivity contribution is 5.91. The fourth-order valence-electron chi connectivity index (χ4n) is 2.89. The van der Waals surface area contributed by atoms with Gasteiger partial charge in [-0.2, -0.15) is 0 Å². The Morgan fingerprint density at radius 1 is 1.29 bits per heavy atom. The third-order valence-corrected chi connectivity index (χ3v) is 3.72. The van der Waals surface area contributed by atoms with Crippen LogP contribution in [-0.4, -0.2) is 9.91 Å². The summed E-state index contributed by atoms with van der Waals surface area (Å²) in [5, 5.41) is 12.0. The average Bonchev–Trinajstić information content (AvgIpc) is 2.96. The van der Waals surface area contributed by atoms with Gasteiger partial charge < -0.3 is 4.98 Å². The lowest BCUT2D eigenvalue weighted by Gasteiger charge is -2.06. The van der Waals surface area contributed by atoms with E-state index in [9.17, 15) is 10.1 Å². The van der Waals surface area contributed by atoms with Crippen molar-refractivity contribution in [1.29, 1.82) is 0 Å². The number of para-hydroxylation sites is 1. The van der Waals surface area contributed by atoms with Crippen molar-refractivity contribution < 1.29 is 4.92 Å². The molecule has 0 atom stereocenters. The minimum atomic E-state index is -0.322. The van der Waals surface area contributed by atoms with Crippen LogP contribution in [-0.2, 0) is 0 Å².